The number of aromatic amines is 1. The molecule has 0 unspecified atom stereocenters. The van der Waals surface area contributed by atoms with Gasteiger partial charge in [-0.25, -0.2) is 0 Å². The van der Waals surface area contributed by atoms with Gasteiger partial charge in [-0.3, -0.25) is 24.1 Å². The van der Waals surface area contributed by atoms with Gasteiger partial charge in [-0.1, -0.05) is 30.3 Å². The van der Waals surface area contributed by atoms with Crippen LogP contribution in [0, 0.1) is 6.92 Å². The van der Waals surface area contributed by atoms with Gasteiger partial charge in [-0.15, -0.1) is 0 Å². The standard InChI is InChI=1S/C24H19F2N3O5S/c1-13-19(16-4-2-3-5-17(16)28-13)20(30)21(31)27-10-11-29-22(32)18(35-24(29)33)12-14-6-8-15(9-7-14)34-23(25)26/h2-9,12,23,28H,10-11H2,1H3,(H,27,31)/b18-12-. The molecule has 180 valence electrons. The number of fused-ring (bicyclic) bond motifs is 1. The molecule has 0 aliphatic carbocycles. The molecule has 1 aromatic heterocycles. The molecule has 8 nitrogen and oxygen atoms in total. The van der Waals surface area contributed by atoms with Crippen molar-refractivity contribution in [2.45, 2.75) is 13.5 Å². The molecule has 3 aromatic rings. The number of hydrogen-bond donors (Lipinski definition) is 2. The molecule has 1 aliphatic rings. The third-order valence-corrected chi connectivity index (χ3v) is 6.13. The Morgan fingerprint density at radius 3 is 2.57 bits per heavy atom. The summed E-state index contributed by atoms with van der Waals surface area (Å²) in [4.78, 5) is 54.2. The molecule has 2 heterocycles. The Bertz CT molecular complexity index is 1350. The van der Waals surface area contributed by atoms with Gasteiger partial charge in [0.2, 0.25) is 0 Å². The van der Waals surface area contributed by atoms with Gasteiger partial charge in [0, 0.05) is 29.7 Å². The highest BCUT2D eigenvalue weighted by atomic mass is 32.2. The summed E-state index contributed by atoms with van der Waals surface area (Å²) >= 11 is 0.722. The van der Waals surface area contributed by atoms with E-state index in [-0.39, 0.29) is 29.3 Å². The first-order valence-corrected chi connectivity index (χ1v) is 11.3. The van der Waals surface area contributed by atoms with E-state index in [2.05, 4.69) is 15.0 Å². The van der Waals surface area contributed by atoms with Gasteiger partial charge < -0.3 is 15.0 Å². The van der Waals surface area contributed by atoms with Crippen molar-refractivity contribution in [2.75, 3.05) is 13.1 Å². The van der Waals surface area contributed by atoms with Gasteiger partial charge >= 0.3 is 6.61 Å². The minimum atomic E-state index is -2.94. The van der Waals surface area contributed by atoms with Crippen LogP contribution in [-0.4, -0.2) is 52.4 Å². The van der Waals surface area contributed by atoms with Crippen molar-refractivity contribution < 1.29 is 32.7 Å². The van der Waals surface area contributed by atoms with E-state index in [1.54, 1.807) is 25.1 Å². The Hall–Kier alpha value is -3.99. The van der Waals surface area contributed by atoms with Crippen LogP contribution in [0.5, 0.6) is 5.75 Å². The lowest BCUT2D eigenvalue weighted by Gasteiger charge is -2.12. The lowest BCUT2D eigenvalue weighted by atomic mass is 10.1. The van der Waals surface area contributed by atoms with E-state index in [4.69, 9.17) is 0 Å². The second-order valence-corrected chi connectivity index (χ2v) is 8.53. The highest BCUT2D eigenvalue weighted by Gasteiger charge is 2.35. The summed E-state index contributed by atoms with van der Waals surface area (Å²) in [6.45, 7) is -1.46. The smallest absolute Gasteiger partial charge is 0.387 e. The number of hydrogen-bond acceptors (Lipinski definition) is 6. The minimum Gasteiger partial charge on any atom is -0.435 e. The molecule has 1 fully saturated rings. The quantitative estimate of drug-likeness (QED) is 0.274. The second-order valence-electron chi connectivity index (χ2n) is 7.54. The summed E-state index contributed by atoms with van der Waals surface area (Å²) in [5.41, 5.74) is 2.10. The molecule has 0 saturated carbocycles. The zero-order chi connectivity index (χ0) is 25.1. The van der Waals surface area contributed by atoms with Crippen LogP contribution in [0.15, 0.2) is 53.4 Å². The maximum atomic E-state index is 12.7. The molecule has 4 rings (SSSR count). The monoisotopic (exact) mass is 499 g/mol. The lowest BCUT2D eigenvalue weighted by molar-refractivity contribution is -0.123. The Morgan fingerprint density at radius 2 is 1.86 bits per heavy atom. The highest BCUT2D eigenvalue weighted by molar-refractivity contribution is 8.18. The first-order chi connectivity index (χ1) is 16.7. The largest absolute Gasteiger partial charge is 0.435 e. The number of nitrogens with one attached hydrogen (secondary N) is 2. The number of rotatable bonds is 8. The molecule has 1 aliphatic heterocycles. The number of ether oxygens (including phenoxy) is 1. The van der Waals surface area contributed by atoms with Crippen LogP contribution in [-0.2, 0) is 9.59 Å². The molecule has 2 aromatic carbocycles. The summed E-state index contributed by atoms with van der Waals surface area (Å²) in [6, 6.07) is 12.7. The van der Waals surface area contributed by atoms with Crippen LogP contribution in [0.2, 0.25) is 0 Å². The number of halogens is 2. The number of alkyl halides is 2. The average Bonchev–Trinajstić information content (AvgIpc) is 3.29. The molecule has 11 heteroatoms. The van der Waals surface area contributed by atoms with Gasteiger partial charge in [0.1, 0.15) is 5.75 Å². The van der Waals surface area contributed by atoms with E-state index in [9.17, 15) is 28.0 Å². The van der Waals surface area contributed by atoms with Crippen LogP contribution < -0.4 is 10.1 Å². The third kappa shape index (κ3) is 5.24. The SMILES string of the molecule is Cc1[nH]c2ccccc2c1C(=O)C(=O)NCCN1C(=O)S/C(=C\c2ccc(OC(F)F)cc2)C1=O. The molecule has 2 N–H and O–H groups in total. The number of H-pyrrole nitrogens is 1. The molecule has 0 atom stereocenters. The molecule has 35 heavy (non-hydrogen) atoms. The average molecular weight is 499 g/mol. The maximum absolute atomic E-state index is 12.7. The number of imide groups is 1. The van der Waals surface area contributed by atoms with E-state index < -0.39 is 29.4 Å². The van der Waals surface area contributed by atoms with Crippen LogP contribution >= 0.6 is 11.8 Å². The Kier molecular flexibility index (Phi) is 6.97. The molecular formula is C24H19F2N3O5S. The van der Waals surface area contributed by atoms with Gasteiger partial charge in [0.25, 0.3) is 22.8 Å². The van der Waals surface area contributed by atoms with Crippen LogP contribution in [0.25, 0.3) is 17.0 Å². The van der Waals surface area contributed by atoms with Gasteiger partial charge in [-0.05, 0) is 48.5 Å². The fourth-order valence-corrected chi connectivity index (χ4v) is 4.50. The Labute approximate surface area is 202 Å². The number of aryl methyl sites for hydroxylation is 1. The van der Waals surface area contributed by atoms with Crippen molar-refractivity contribution in [3.05, 3.63) is 70.3 Å². The third-order valence-electron chi connectivity index (χ3n) is 5.22. The number of carbonyl (C=O) groups excluding carboxylic acids is 4. The number of para-hydroxylation sites is 1. The van der Waals surface area contributed by atoms with Crippen molar-refractivity contribution in [3.8, 4) is 5.75 Å². The van der Waals surface area contributed by atoms with Crippen molar-refractivity contribution >= 4 is 51.6 Å². The number of thioether (sulfide) groups is 1. The van der Waals surface area contributed by atoms with Crippen LogP contribution in [0.4, 0.5) is 13.6 Å². The number of aromatic nitrogens is 1. The number of ketones is 1. The normalized spacial score (nSPS) is 14.9. The zero-order valence-corrected chi connectivity index (χ0v) is 19.2. The predicted molar refractivity (Wildman–Crippen MR) is 126 cm³/mol. The number of nitrogens with zero attached hydrogens (tertiary/aromatic N) is 1. The fraction of sp³-hybridized carbons (Fsp3) is 0.167. The fourth-order valence-electron chi connectivity index (χ4n) is 3.63. The van der Waals surface area contributed by atoms with Crippen LogP contribution in [0.1, 0.15) is 21.6 Å². The summed E-state index contributed by atoms with van der Waals surface area (Å²) in [6.07, 6.45) is 1.46. The van der Waals surface area contributed by atoms with Crippen molar-refractivity contribution in [2.24, 2.45) is 0 Å². The topological polar surface area (TPSA) is 109 Å². The molecular weight excluding hydrogens is 480 g/mol. The van der Waals surface area contributed by atoms with Gasteiger partial charge in [-0.2, -0.15) is 8.78 Å². The van der Waals surface area contributed by atoms with Crippen molar-refractivity contribution in [1.29, 1.82) is 0 Å². The summed E-state index contributed by atoms with van der Waals surface area (Å²) in [5.74, 6) is -2.14. The summed E-state index contributed by atoms with van der Waals surface area (Å²) in [7, 11) is 0. The van der Waals surface area contributed by atoms with E-state index in [1.807, 2.05) is 6.07 Å². The maximum Gasteiger partial charge on any atom is 0.387 e. The van der Waals surface area contributed by atoms with E-state index in [0.717, 1.165) is 22.2 Å². The first-order valence-electron chi connectivity index (χ1n) is 10.4. The first kappa shape index (κ1) is 24.1. The predicted octanol–water partition coefficient (Wildman–Crippen LogP) is 4.11. The molecule has 0 radical (unpaired) electrons. The number of benzene rings is 2. The number of Topliss-reactive ketones (excluding diaryl/α,β-unsaturated/α-hetero) is 1. The molecule has 1 saturated heterocycles. The van der Waals surface area contributed by atoms with Crippen molar-refractivity contribution in [1.82, 2.24) is 15.2 Å². The van der Waals surface area contributed by atoms with Crippen molar-refractivity contribution in [3.63, 3.8) is 0 Å². The number of amides is 3. The minimum absolute atomic E-state index is 0.0293. The molecule has 0 spiro atoms. The van der Waals surface area contributed by atoms with E-state index in [0.29, 0.717) is 16.6 Å². The Morgan fingerprint density at radius 1 is 1.14 bits per heavy atom. The van der Waals surface area contributed by atoms with Gasteiger partial charge in [0.05, 0.1) is 10.5 Å². The van der Waals surface area contributed by atoms with E-state index >= 15 is 0 Å². The van der Waals surface area contributed by atoms with Gasteiger partial charge in [0.15, 0.2) is 0 Å². The van der Waals surface area contributed by atoms with Crippen LogP contribution in [0.3, 0.4) is 0 Å². The summed E-state index contributed by atoms with van der Waals surface area (Å²) < 4.78 is 28.8. The second kappa shape index (κ2) is 10.1. The highest BCUT2D eigenvalue weighted by Crippen LogP contribution is 2.32. The lowest BCUT2D eigenvalue weighted by Crippen LogP contribution is -2.39. The zero-order valence-electron chi connectivity index (χ0n) is 18.3. The van der Waals surface area contributed by atoms with E-state index in [1.165, 1.54) is 30.3 Å². The molecule has 0 bridgehead atoms. The molecule has 3 amide bonds. The number of carbonyl (C=O) groups is 4. The Balaban J connectivity index is 1.36. The summed E-state index contributed by atoms with van der Waals surface area (Å²) in [5, 5.41) is 2.58.